The Hall–Kier alpha value is -1.47. The SMILES string of the molecule is CC(C)(C)OC(=O)N1CC2(CCN(c3ccc(Cl)cc3S(C)(=O)=O)CC2)C1. The Balaban J connectivity index is 1.64. The molecule has 2 aliphatic rings. The first-order chi connectivity index (χ1) is 12.4. The summed E-state index contributed by atoms with van der Waals surface area (Å²) in [6.45, 7) is 8.52. The second kappa shape index (κ2) is 6.85. The number of sulfone groups is 1. The van der Waals surface area contributed by atoms with Gasteiger partial charge in [-0.1, -0.05) is 11.6 Å². The van der Waals surface area contributed by atoms with Crippen LogP contribution in [0.3, 0.4) is 0 Å². The molecule has 27 heavy (non-hydrogen) atoms. The van der Waals surface area contributed by atoms with Crippen molar-refractivity contribution < 1.29 is 17.9 Å². The fourth-order valence-corrected chi connectivity index (χ4v) is 4.96. The lowest BCUT2D eigenvalue weighted by atomic mass is 9.72. The highest BCUT2D eigenvalue weighted by molar-refractivity contribution is 7.90. The minimum absolute atomic E-state index is 0.116. The molecule has 0 radical (unpaired) electrons. The third-order valence-corrected chi connectivity index (χ3v) is 6.55. The van der Waals surface area contributed by atoms with Crippen LogP contribution in [0.5, 0.6) is 0 Å². The van der Waals surface area contributed by atoms with E-state index in [4.69, 9.17) is 16.3 Å². The summed E-state index contributed by atoms with van der Waals surface area (Å²) in [4.78, 5) is 16.3. The number of ether oxygens (including phenoxy) is 1. The monoisotopic (exact) mass is 414 g/mol. The molecule has 150 valence electrons. The van der Waals surface area contributed by atoms with E-state index in [1.165, 1.54) is 12.3 Å². The standard InChI is InChI=1S/C19H27ClN2O4S/c1-18(2,3)26-17(23)22-12-19(13-22)7-9-21(10-8-19)15-6-5-14(20)11-16(15)27(4,24)25/h5-6,11H,7-10,12-13H2,1-4H3. The van der Waals surface area contributed by atoms with Crippen LogP contribution in [0.15, 0.2) is 23.1 Å². The maximum Gasteiger partial charge on any atom is 0.410 e. The fraction of sp³-hybridized carbons (Fsp3) is 0.632. The van der Waals surface area contributed by atoms with Crippen LogP contribution in [-0.4, -0.2) is 57.4 Å². The highest BCUT2D eigenvalue weighted by Crippen LogP contribution is 2.42. The molecule has 2 fully saturated rings. The summed E-state index contributed by atoms with van der Waals surface area (Å²) >= 11 is 6.00. The number of halogens is 1. The van der Waals surface area contributed by atoms with Crippen molar-refractivity contribution in [3.05, 3.63) is 23.2 Å². The Morgan fingerprint density at radius 2 is 1.78 bits per heavy atom. The van der Waals surface area contributed by atoms with Gasteiger partial charge in [0.15, 0.2) is 9.84 Å². The van der Waals surface area contributed by atoms with Gasteiger partial charge in [0, 0.05) is 42.9 Å². The van der Waals surface area contributed by atoms with E-state index < -0.39 is 15.4 Å². The quantitative estimate of drug-likeness (QED) is 0.739. The van der Waals surface area contributed by atoms with Gasteiger partial charge in [0.2, 0.25) is 0 Å². The van der Waals surface area contributed by atoms with Gasteiger partial charge in [0.05, 0.1) is 10.6 Å². The van der Waals surface area contributed by atoms with E-state index >= 15 is 0 Å². The summed E-state index contributed by atoms with van der Waals surface area (Å²) in [7, 11) is -3.36. The van der Waals surface area contributed by atoms with Crippen LogP contribution in [0.1, 0.15) is 33.6 Å². The van der Waals surface area contributed by atoms with Crippen molar-refractivity contribution >= 4 is 33.2 Å². The summed E-state index contributed by atoms with van der Waals surface area (Å²) in [6.07, 6.45) is 2.78. The van der Waals surface area contributed by atoms with Crippen molar-refractivity contribution in [3.8, 4) is 0 Å². The van der Waals surface area contributed by atoms with Gasteiger partial charge in [-0.05, 0) is 51.8 Å². The first kappa shape index (κ1) is 20.3. The third kappa shape index (κ3) is 4.51. The molecule has 3 rings (SSSR count). The summed E-state index contributed by atoms with van der Waals surface area (Å²) in [6, 6.07) is 5.03. The number of carbonyl (C=O) groups excluding carboxylic acids is 1. The number of amides is 1. The van der Waals surface area contributed by atoms with Crippen molar-refractivity contribution in [2.24, 2.45) is 5.41 Å². The number of piperidine rings is 1. The minimum atomic E-state index is -3.36. The van der Waals surface area contributed by atoms with E-state index in [2.05, 4.69) is 4.90 Å². The molecular weight excluding hydrogens is 388 g/mol. The van der Waals surface area contributed by atoms with Gasteiger partial charge in [-0.25, -0.2) is 13.2 Å². The Morgan fingerprint density at radius 1 is 1.19 bits per heavy atom. The molecule has 1 aromatic carbocycles. The number of benzene rings is 1. The first-order valence-corrected chi connectivity index (χ1v) is 11.4. The Morgan fingerprint density at radius 3 is 2.30 bits per heavy atom. The summed E-state index contributed by atoms with van der Waals surface area (Å²) in [5.41, 5.74) is 0.338. The Kier molecular flexibility index (Phi) is 5.14. The van der Waals surface area contributed by atoms with Crippen LogP contribution in [0.2, 0.25) is 5.02 Å². The van der Waals surface area contributed by atoms with Gasteiger partial charge in [-0.15, -0.1) is 0 Å². The van der Waals surface area contributed by atoms with Crippen molar-refractivity contribution in [3.63, 3.8) is 0 Å². The lowest BCUT2D eigenvalue weighted by Crippen LogP contribution is -2.62. The van der Waals surface area contributed by atoms with Crippen LogP contribution in [0, 0.1) is 5.41 Å². The van der Waals surface area contributed by atoms with Gasteiger partial charge >= 0.3 is 6.09 Å². The lowest BCUT2D eigenvalue weighted by molar-refractivity contribution is -0.0434. The molecule has 0 atom stereocenters. The highest BCUT2D eigenvalue weighted by Gasteiger charge is 2.48. The van der Waals surface area contributed by atoms with Crippen LogP contribution < -0.4 is 4.90 Å². The van der Waals surface area contributed by atoms with Crippen molar-refractivity contribution in [2.75, 3.05) is 37.3 Å². The van der Waals surface area contributed by atoms with Crippen molar-refractivity contribution in [2.45, 2.75) is 44.1 Å². The predicted octanol–water partition coefficient (Wildman–Crippen LogP) is 3.58. The van der Waals surface area contributed by atoms with E-state index in [1.54, 1.807) is 17.0 Å². The van der Waals surface area contributed by atoms with E-state index in [1.807, 2.05) is 20.8 Å². The average Bonchev–Trinajstić information content (AvgIpc) is 2.50. The molecule has 2 aliphatic heterocycles. The van der Waals surface area contributed by atoms with Gasteiger partial charge in [-0.2, -0.15) is 0 Å². The average molecular weight is 415 g/mol. The van der Waals surface area contributed by atoms with E-state index in [-0.39, 0.29) is 16.4 Å². The molecule has 1 amide bonds. The molecule has 2 saturated heterocycles. The Labute approximate surface area is 166 Å². The van der Waals surface area contributed by atoms with Crippen LogP contribution >= 0.6 is 11.6 Å². The largest absolute Gasteiger partial charge is 0.444 e. The maximum atomic E-state index is 12.2. The smallest absolute Gasteiger partial charge is 0.410 e. The molecule has 0 N–H and O–H groups in total. The van der Waals surface area contributed by atoms with Gasteiger partial charge in [-0.3, -0.25) is 0 Å². The highest BCUT2D eigenvalue weighted by atomic mass is 35.5. The number of rotatable bonds is 2. The normalized spacial score (nSPS) is 19.7. The number of hydrogen-bond donors (Lipinski definition) is 0. The molecule has 0 unspecified atom stereocenters. The van der Waals surface area contributed by atoms with Gasteiger partial charge in [0.1, 0.15) is 5.60 Å². The number of anilines is 1. The fourth-order valence-electron chi connectivity index (χ4n) is 3.80. The van der Waals surface area contributed by atoms with Crippen LogP contribution in [0.25, 0.3) is 0 Å². The zero-order chi connectivity index (χ0) is 20.0. The summed E-state index contributed by atoms with van der Waals surface area (Å²) < 4.78 is 29.7. The molecule has 2 heterocycles. The van der Waals surface area contributed by atoms with Crippen molar-refractivity contribution in [1.82, 2.24) is 4.90 Å². The maximum absolute atomic E-state index is 12.2. The van der Waals surface area contributed by atoms with Crippen LogP contribution in [-0.2, 0) is 14.6 Å². The molecule has 0 bridgehead atoms. The third-order valence-electron chi connectivity index (χ3n) is 5.19. The zero-order valence-corrected chi connectivity index (χ0v) is 17.9. The molecule has 0 saturated carbocycles. The number of likely N-dealkylation sites (tertiary alicyclic amines) is 1. The molecule has 8 heteroatoms. The molecule has 6 nitrogen and oxygen atoms in total. The lowest BCUT2D eigenvalue weighted by Gasteiger charge is -2.54. The molecule has 1 aromatic rings. The van der Waals surface area contributed by atoms with E-state index in [9.17, 15) is 13.2 Å². The van der Waals surface area contributed by atoms with Crippen molar-refractivity contribution in [1.29, 1.82) is 0 Å². The molecule has 0 aromatic heterocycles. The minimum Gasteiger partial charge on any atom is -0.444 e. The number of hydrogen-bond acceptors (Lipinski definition) is 5. The summed E-state index contributed by atoms with van der Waals surface area (Å²) in [5.74, 6) is 0. The zero-order valence-electron chi connectivity index (χ0n) is 16.3. The number of nitrogens with zero attached hydrogens (tertiary/aromatic N) is 2. The van der Waals surface area contributed by atoms with Crippen LogP contribution in [0.4, 0.5) is 10.5 Å². The van der Waals surface area contributed by atoms with Gasteiger partial charge < -0.3 is 14.5 Å². The molecular formula is C19H27ClN2O4S. The first-order valence-electron chi connectivity index (χ1n) is 9.11. The predicted molar refractivity (Wildman–Crippen MR) is 106 cm³/mol. The van der Waals surface area contributed by atoms with E-state index in [0.717, 1.165) is 25.9 Å². The molecule has 0 aliphatic carbocycles. The topological polar surface area (TPSA) is 66.9 Å². The van der Waals surface area contributed by atoms with Gasteiger partial charge in [0.25, 0.3) is 0 Å². The Bertz CT molecular complexity index is 832. The number of carbonyl (C=O) groups is 1. The summed E-state index contributed by atoms with van der Waals surface area (Å²) in [5, 5.41) is 0.416. The van der Waals surface area contributed by atoms with E-state index in [0.29, 0.717) is 23.8 Å². The second-order valence-corrected chi connectivity index (χ2v) is 11.1. The second-order valence-electron chi connectivity index (χ2n) is 8.71. The molecule has 1 spiro atoms.